The summed E-state index contributed by atoms with van der Waals surface area (Å²) in [5.74, 6) is -1.34. The monoisotopic (exact) mass is 423 g/mol. The van der Waals surface area contributed by atoms with Crippen molar-refractivity contribution in [3.8, 4) is 11.6 Å². The van der Waals surface area contributed by atoms with Gasteiger partial charge in [0, 0.05) is 50.4 Å². The number of ether oxygens (including phenoxy) is 1. The van der Waals surface area contributed by atoms with Crippen molar-refractivity contribution in [1.29, 1.82) is 0 Å². The summed E-state index contributed by atoms with van der Waals surface area (Å²) < 4.78 is 46.8. The highest BCUT2D eigenvalue weighted by atomic mass is 19.4. The molecule has 0 bridgehead atoms. The molecule has 13 heteroatoms. The number of anilines is 1. The third kappa shape index (κ3) is 5.18. The summed E-state index contributed by atoms with van der Waals surface area (Å²) >= 11 is 0. The Morgan fingerprint density at radius 2 is 1.93 bits per heavy atom. The number of rotatable bonds is 6. The van der Waals surface area contributed by atoms with Crippen LogP contribution in [0, 0.1) is 0 Å². The second-order valence-corrected chi connectivity index (χ2v) is 6.15. The van der Waals surface area contributed by atoms with Gasteiger partial charge in [0.05, 0.1) is 0 Å². The molecule has 3 aromatic heterocycles. The Morgan fingerprint density at radius 3 is 2.57 bits per heavy atom. The van der Waals surface area contributed by atoms with Crippen molar-refractivity contribution in [3.63, 3.8) is 0 Å². The Balaban J connectivity index is 1.53. The van der Waals surface area contributed by atoms with Crippen molar-refractivity contribution < 1.29 is 27.2 Å². The van der Waals surface area contributed by atoms with Gasteiger partial charge in [-0.3, -0.25) is 0 Å². The van der Waals surface area contributed by atoms with Gasteiger partial charge in [-0.2, -0.15) is 18.2 Å². The largest absolute Gasteiger partial charge is 0.471 e. The Labute approximate surface area is 168 Å². The number of amides is 1. The van der Waals surface area contributed by atoms with Crippen LogP contribution in [0.25, 0.3) is 11.6 Å². The van der Waals surface area contributed by atoms with Crippen LogP contribution in [0.5, 0.6) is 0 Å². The molecule has 0 spiro atoms. The van der Waals surface area contributed by atoms with Crippen molar-refractivity contribution in [3.05, 3.63) is 47.7 Å². The highest BCUT2D eigenvalue weighted by molar-refractivity contribution is 5.67. The van der Waals surface area contributed by atoms with Gasteiger partial charge in [0.1, 0.15) is 12.4 Å². The van der Waals surface area contributed by atoms with Crippen LogP contribution in [0.4, 0.5) is 23.8 Å². The Bertz CT molecular complexity index is 1010. The lowest BCUT2D eigenvalue weighted by Crippen LogP contribution is -2.24. The molecular weight excluding hydrogens is 407 g/mol. The van der Waals surface area contributed by atoms with Crippen molar-refractivity contribution in [2.75, 3.05) is 19.0 Å². The molecule has 1 N–H and O–H groups in total. The second-order valence-electron chi connectivity index (χ2n) is 6.15. The number of carbonyl (C=O) groups excluding carboxylic acids is 1. The molecule has 0 unspecified atom stereocenters. The maximum Gasteiger partial charge on any atom is 0.471 e. The van der Waals surface area contributed by atoms with Gasteiger partial charge in [0.15, 0.2) is 0 Å². The van der Waals surface area contributed by atoms with E-state index < -0.39 is 24.0 Å². The van der Waals surface area contributed by atoms with E-state index in [0.29, 0.717) is 11.4 Å². The molecule has 0 aromatic carbocycles. The fourth-order valence-electron chi connectivity index (χ4n) is 2.31. The van der Waals surface area contributed by atoms with Crippen LogP contribution in [0.15, 0.2) is 35.2 Å². The first-order valence-corrected chi connectivity index (χ1v) is 8.48. The third-order valence-electron chi connectivity index (χ3n) is 3.66. The predicted octanol–water partition coefficient (Wildman–Crippen LogP) is 2.43. The second kappa shape index (κ2) is 8.71. The summed E-state index contributed by atoms with van der Waals surface area (Å²) in [7, 11) is 3.65. The molecule has 3 rings (SSSR count). The average Bonchev–Trinajstić information content (AvgIpc) is 3.22. The van der Waals surface area contributed by atoms with Crippen LogP contribution >= 0.6 is 0 Å². The third-order valence-corrected chi connectivity index (χ3v) is 3.66. The zero-order chi connectivity index (χ0) is 21.7. The summed E-state index contributed by atoms with van der Waals surface area (Å²) in [4.78, 5) is 28.9. The first-order chi connectivity index (χ1) is 14.2. The van der Waals surface area contributed by atoms with Crippen molar-refractivity contribution in [2.45, 2.75) is 19.3 Å². The van der Waals surface area contributed by atoms with Gasteiger partial charge < -0.3 is 19.5 Å². The van der Waals surface area contributed by atoms with Crippen LogP contribution in [0.1, 0.15) is 17.0 Å². The molecule has 0 fully saturated rings. The van der Waals surface area contributed by atoms with E-state index in [2.05, 4.69) is 34.9 Å². The van der Waals surface area contributed by atoms with Gasteiger partial charge in [0.25, 0.3) is 0 Å². The van der Waals surface area contributed by atoms with E-state index in [1.807, 2.05) is 14.1 Å². The maximum atomic E-state index is 12.5. The number of alkyl carbamates (subject to hydrolysis) is 1. The minimum atomic E-state index is -4.75. The summed E-state index contributed by atoms with van der Waals surface area (Å²) in [5, 5.41) is 5.73. The smallest absolute Gasteiger partial charge is 0.445 e. The molecule has 3 aromatic rings. The summed E-state index contributed by atoms with van der Waals surface area (Å²) in [6.45, 7) is 0.0781. The number of nitrogens with one attached hydrogen (secondary N) is 1. The van der Waals surface area contributed by atoms with Crippen LogP contribution in [-0.4, -0.2) is 45.3 Å². The lowest BCUT2D eigenvalue weighted by atomic mass is 10.2. The van der Waals surface area contributed by atoms with E-state index in [4.69, 9.17) is 4.74 Å². The summed E-state index contributed by atoms with van der Waals surface area (Å²) in [6.07, 6.45) is -1.14. The minimum Gasteiger partial charge on any atom is -0.445 e. The zero-order valence-corrected chi connectivity index (χ0v) is 15.8. The molecule has 10 nitrogen and oxygen atoms in total. The molecule has 30 heavy (non-hydrogen) atoms. The molecule has 0 aliphatic rings. The van der Waals surface area contributed by atoms with Crippen molar-refractivity contribution in [1.82, 2.24) is 30.4 Å². The van der Waals surface area contributed by atoms with Crippen LogP contribution in [0.2, 0.25) is 0 Å². The normalized spacial score (nSPS) is 11.2. The van der Waals surface area contributed by atoms with Crippen molar-refractivity contribution in [2.24, 2.45) is 0 Å². The highest BCUT2D eigenvalue weighted by Crippen LogP contribution is 2.28. The first-order valence-electron chi connectivity index (χ1n) is 8.48. The topological polar surface area (TPSA) is 119 Å². The van der Waals surface area contributed by atoms with E-state index in [1.54, 1.807) is 23.2 Å². The number of halogens is 3. The van der Waals surface area contributed by atoms with Gasteiger partial charge >= 0.3 is 18.2 Å². The molecule has 1 amide bonds. The average molecular weight is 423 g/mol. The first kappa shape index (κ1) is 21.0. The molecule has 3 heterocycles. The van der Waals surface area contributed by atoms with Crippen LogP contribution in [0.3, 0.4) is 0 Å². The van der Waals surface area contributed by atoms with E-state index in [9.17, 15) is 18.0 Å². The lowest BCUT2D eigenvalue weighted by Gasteiger charge is -2.15. The molecule has 0 saturated carbocycles. The molecule has 158 valence electrons. The number of aromatic nitrogens is 5. The van der Waals surface area contributed by atoms with E-state index in [0.717, 1.165) is 5.56 Å². The number of carbonyl (C=O) groups is 1. The minimum absolute atomic E-state index is 0.0298. The summed E-state index contributed by atoms with van der Waals surface area (Å²) in [5.41, 5.74) is 1.23. The molecule has 0 aliphatic heterocycles. The Kier molecular flexibility index (Phi) is 6.09. The summed E-state index contributed by atoms with van der Waals surface area (Å²) in [6, 6.07) is 3.54. The fraction of sp³-hybridized carbons (Fsp3) is 0.294. The lowest BCUT2D eigenvalue weighted by molar-refractivity contribution is -0.159. The maximum absolute atomic E-state index is 12.5. The quantitative estimate of drug-likeness (QED) is 0.637. The molecule has 0 atom stereocenters. The van der Waals surface area contributed by atoms with Crippen molar-refractivity contribution >= 4 is 11.9 Å². The van der Waals surface area contributed by atoms with Gasteiger partial charge in [-0.05, 0) is 6.07 Å². The fourth-order valence-corrected chi connectivity index (χ4v) is 2.31. The number of alkyl halides is 3. The van der Waals surface area contributed by atoms with Gasteiger partial charge in [0.2, 0.25) is 11.6 Å². The highest BCUT2D eigenvalue weighted by Gasteiger charge is 2.38. The predicted molar refractivity (Wildman–Crippen MR) is 95.9 cm³/mol. The number of hydrogen-bond donors (Lipinski definition) is 1. The van der Waals surface area contributed by atoms with Gasteiger partial charge in [-0.25, -0.2) is 19.7 Å². The molecule has 0 aliphatic carbocycles. The molecule has 0 radical (unpaired) electrons. The Hall–Kier alpha value is -3.77. The SMILES string of the molecule is CN(C)c1ncccc1COC(=O)NCc1cnc(-c2noc(C(F)(F)F)n2)nc1. The zero-order valence-electron chi connectivity index (χ0n) is 15.8. The van der Waals surface area contributed by atoms with Gasteiger partial charge in [-0.15, -0.1) is 0 Å². The van der Waals surface area contributed by atoms with E-state index in [1.165, 1.54) is 12.4 Å². The molecular formula is C17H16F3N7O3. The van der Waals surface area contributed by atoms with E-state index >= 15 is 0 Å². The van der Waals surface area contributed by atoms with E-state index in [-0.39, 0.29) is 19.0 Å². The molecule has 0 saturated heterocycles. The van der Waals surface area contributed by atoms with Crippen LogP contribution < -0.4 is 10.2 Å². The number of nitrogens with zero attached hydrogens (tertiary/aromatic N) is 6. The number of hydrogen-bond acceptors (Lipinski definition) is 9. The van der Waals surface area contributed by atoms with Crippen LogP contribution in [-0.2, 0) is 24.1 Å². The standard InChI is InChI=1S/C17H16F3N7O3/c1-27(2)14-11(4-3-5-21-14)9-29-16(28)24-8-10-6-22-12(23-7-10)13-25-15(30-26-13)17(18,19)20/h3-7H,8-9H2,1-2H3,(H,24,28). The Morgan fingerprint density at radius 1 is 1.20 bits per heavy atom. The number of pyridine rings is 1. The van der Waals surface area contributed by atoms with Gasteiger partial charge in [-0.1, -0.05) is 11.2 Å².